The molecule has 3 atom stereocenters. The van der Waals surface area contributed by atoms with Gasteiger partial charge in [0.25, 0.3) is 5.79 Å². The highest BCUT2D eigenvalue weighted by Gasteiger charge is 2.48. The summed E-state index contributed by atoms with van der Waals surface area (Å²) in [7, 11) is 1.35. The summed E-state index contributed by atoms with van der Waals surface area (Å²) >= 11 is 0. The van der Waals surface area contributed by atoms with Crippen LogP contribution in [0.3, 0.4) is 0 Å². The van der Waals surface area contributed by atoms with Crippen LogP contribution in [0.25, 0.3) is 0 Å². The quantitative estimate of drug-likeness (QED) is 0.745. The van der Waals surface area contributed by atoms with Gasteiger partial charge in [-0.05, 0) is 59.1 Å². The molecule has 0 radical (unpaired) electrons. The van der Waals surface area contributed by atoms with Crippen LogP contribution in [0.15, 0.2) is 6.07 Å². The van der Waals surface area contributed by atoms with Crippen LogP contribution in [0, 0.1) is 13.8 Å². The van der Waals surface area contributed by atoms with E-state index in [1.54, 1.807) is 6.07 Å². The summed E-state index contributed by atoms with van der Waals surface area (Å²) in [6.07, 6.45) is 0.547. The zero-order valence-corrected chi connectivity index (χ0v) is 18.7. The van der Waals surface area contributed by atoms with E-state index in [0.717, 1.165) is 5.56 Å². The number of methoxy groups -OCH3 is 1. The number of alkyl carbamates (subject to hydrolysis) is 1. The number of rotatable bonds is 3. The minimum absolute atomic E-state index is 0.141. The lowest BCUT2D eigenvalue weighted by atomic mass is 9.99. The Bertz CT molecular complexity index is 837. The summed E-state index contributed by atoms with van der Waals surface area (Å²) in [4.78, 5) is 24.1. The highest BCUT2D eigenvalue weighted by Crippen LogP contribution is 2.48. The van der Waals surface area contributed by atoms with Crippen LogP contribution in [-0.2, 0) is 14.2 Å². The van der Waals surface area contributed by atoms with Gasteiger partial charge in [-0.2, -0.15) is 0 Å². The first-order chi connectivity index (χ1) is 13.9. The van der Waals surface area contributed by atoms with Crippen LogP contribution >= 0.6 is 0 Å². The van der Waals surface area contributed by atoms with E-state index in [0.29, 0.717) is 42.1 Å². The van der Waals surface area contributed by atoms with Gasteiger partial charge in [-0.1, -0.05) is 0 Å². The molecule has 0 aromatic heterocycles. The van der Waals surface area contributed by atoms with E-state index in [2.05, 4.69) is 5.32 Å². The average Bonchev–Trinajstić information content (AvgIpc) is 3.03. The normalized spacial score (nSPS) is 25.6. The SMILES string of the molecule is COC(=O)c1cc(C)c2c(c1C)OC(C)([C@@H]1CC[C@@H](NC(=O)OC(C)(C)C)CO1)O2. The molecule has 30 heavy (non-hydrogen) atoms. The fourth-order valence-electron chi connectivity index (χ4n) is 3.74. The lowest BCUT2D eigenvalue weighted by Gasteiger charge is -2.37. The third-order valence-electron chi connectivity index (χ3n) is 5.27. The molecule has 0 aliphatic carbocycles. The van der Waals surface area contributed by atoms with E-state index < -0.39 is 23.5 Å². The number of ether oxygens (including phenoxy) is 5. The topological polar surface area (TPSA) is 92.3 Å². The number of carbonyl (C=O) groups excluding carboxylic acids is 2. The molecule has 0 spiro atoms. The molecule has 1 aromatic rings. The molecule has 8 heteroatoms. The fourth-order valence-corrected chi connectivity index (χ4v) is 3.74. The fraction of sp³-hybridized carbons (Fsp3) is 0.636. The van der Waals surface area contributed by atoms with Crippen LogP contribution in [0.4, 0.5) is 4.79 Å². The van der Waals surface area contributed by atoms with E-state index in [1.165, 1.54) is 7.11 Å². The van der Waals surface area contributed by atoms with E-state index in [9.17, 15) is 9.59 Å². The maximum atomic E-state index is 12.1. The van der Waals surface area contributed by atoms with E-state index >= 15 is 0 Å². The second-order valence-corrected chi connectivity index (χ2v) is 8.98. The molecule has 1 unspecified atom stereocenters. The van der Waals surface area contributed by atoms with Crippen molar-refractivity contribution in [3.63, 3.8) is 0 Å². The highest BCUT2D eigenvalue weighted by atomic mass is 16.8. The average molecular weight is 421 g/mol. The van der Waals surface area contributed by atoms with Crippen molar-refractivity contribution in [2.24, 2.45) is 0 Å². The first kappa shape index (κ1) is 22.2. The zero-order chi connectivity index (χ0) is 22.3. The Kier molecular flexibility index (Phi) is 5.91. The van der Waals surface area contributed by atoms with Crippen molar-refractivity contribution >= 4 is 12.1 Å². The van der Waals surface area contributed by atoms with Crippen molar-refractivity contribution in [2.75, 3.05) is 13.7 Å². The van der Waals surface area contributed by atoms with Gasteiger partial charge >= 0.3 is 12.1 Å². The molecule has 0 saturated carbocycles. The first-order valence-corrected chi connectivity index (χ1v) is 10.1. The van der Waals surface area contributed by atoms with E-state index in [4.69, 9.17) is 23.7 Å². The molecular formula is C22H31NO7. The van der Waals surface area contributed by atoms with Gasteiger partial charge in [0.2, 0.25) is 0 Å². The van der Waals surface area contributed by atoms with Crippen molar-refractivity contribution in [1.82, 2.24) is 5.32 Å². The third-order valence-corrected chi connectivity index (χ3v) is 5.27. The largest absolute Gasteiger partial charge is 0.465 e. The van der Waals surface area contributed by atoms with Gasteiger partial charge in [0.15, 0.2) is 11.5 Å². The molecule has 2 heterocycles. The van der Waals surface area contributed by atoms with Crippen LogP contribution < -0.4 is 14.8 Å². The van der Waals surface area contributed by atoms with Crippen molar-refractivity contribution in [1.29, 1.82) is 0 Å². The smallest absolute Gasteiger partial charge is 0.407 e. The number of hydrogen-bond acceptors (Lipinski definition) is 7. The Hall–Kier alpha value is -2.48. The summed E-state index contributed by atoms with van der Waals surface area (Å²) in [6, 6.07) is 1.61. The Morgan fingerprint density at radius 2 is 1.83 bits per heavy atom. The van der Waals surface area contributed by atoms with Crippen molar-refractivity contribution in [3.8, 4) is 11.5 Å². The predicted octanol–water partition coefficient (Wildman–Crippen LogP) is 3.65. The minimum atomic E-state index is -1.02. The van der Waals surface area contributed by atoms with E-state index in [1.807, 2.05) is 41.5 Å². The third kappa shape index (κ3) is 4.48. The highest BCUT2D eigenvalue weighted by molar-refractivity contribution is 5.92. The molecule has 1 amide bonds. The van der Waals surface area contributed by atoms with Gasteiger partial charge in [-0.3, -0.25) is 0 Å². The number of fused-ring (bicyclic) bond motifs is 1. The summed E-state index contributed by atoms with van der Waals surface area (Å²) in [5, 5.41) is 2.84. The lowest BCUT2D eigenvalue weighted by Crippen LogP contribution is -2.54. The summed E-state index contributed by atoms with van der Waals surface area (Å²) in [5.74, 6) is -0.292. The lowest BCUT2D eigenvalue weighted by molar-refractivity contribution is -0.185. The molecule has 2 aliphatic heterocycles. The number of esters is 1. The monoisotopic (exact) mass is 421 g/mol. The van der Waals surface area contributed by atoms with Crippen LogP contribution in [0.2, 0.25) is 0 Å². The Morgan fingerprint density at radius 1 is 1.17 bits per heavy atom. The van der Waals surface area contributed by atoms with E-state index in [-0.39, 0.29) is 12.1 Å². The second kappa shape index (κ2) is 7.98. The standard InChI is InChI=1S/C22H31NO7/c1-12-10-15(19(24)26-7)13(2)18-17(12)28-22(6,29-18)16-9-8-14(11-27-16)23-20(25)30-21(3,4)5/h10,14,16H,8-9,11H2,1-7H3,(H,23,25)/t14-,16+,22?/m1/s1. The second-order valence-electron chi connectivity index (χ2n) is 8.98. The molecule has 2 aliphatic rings. The number of nitrogens with one attached hydrogen (secondary N) is 1. The molecule has 3 rings (SSSR count). The Balaban J connectivity index is 1.67. The number of benzene rings is 1. The predicted molar refractivity (Wildman–Crippen MR) is 109 cm³/mol. The molecule has 166 valence electrons. The maximum Gasteiger partial charge on any atom is 0.407 e. The van der Waals surface area contributed by atoms with Gasteiger partial charge in [-0.15, -0.1) is 0 Å². The van der Waals surface area contributed by atoms with Gasteiger partial charge in [0.1, 0.15) is 11.7 Å². The van der Waals surface area contributed by atoms with Crippen LogP contribution in [0.5, 0.6) is 11.5 Å². The van der Waals surface area contributed by atoms with Gasteiger partial charge in [0, 0.05) is 12.5 Å². The summed E-state index contributed by atoms with van der Waals surface area (Å²) in [6.45, 7) is 11.3. The van der Waals surface area contributed by atoms with Gasteiger partial charge < -0.3 is 29.0 Å². The molecular weight excluding hydrogens is 390 g/mol. The molecule has 1 saturated heterocycles. The van der Waals surface area contributed by atoms with Crippen LogP contribution in [0.1, 0.15) is 62.0 Å². The van der Waals surface area contributed by atoms with Crippen molar-refractivity contribution in [3.05, 3.63) is 22.8 Å². The number of hydrogen-bond donors (Lipinski definition) is 1. The Morgan fingerprint density at radius 3 is 2.40 bits per heavy atom. The molecule has 1 fully saturated rings. The molecule has 1 aromatic carbocycles. The van der Waals surface area contributed by atoms with Gasteiger partial charge in [0.05, 0.1) is 25.3 Å². The summed E-state index contributed by atoms with van der Waals surface area (Å²) < 4.78 is 28.6. The molecule has 8 nitrogen and oxygen atoms in total. The molecule has 0 bridgehead atoms. The molecule has 1 N–H and O–H groups in total. The number of amides is 1. The number of aryl methyl sites for hydroxylation is 1. The summed E-state index contributed by atoms with van der Waals surface area (Å²) in [5.41, 5.74) is 1.37. The zero-order valence-electron chi connectivity index (χ0n) is 18.7. The number of carbonyl (C=O) groups is 2. The van der Waals surface area contributed by atoms with Crippen LogP contribution in [-0.4, -0.2) is 49.3 Å². The van der Waals surface area contributed by atoms with Gasteiger partial charge in [-0.25, -0.2) is 9.59 Å². The maximum absolute atomic E-state index is 12.1. The van der Waals surface area contributed by atoms with Crippen molar-refractivity contribution < 1.29 is 33.3 Å². The Labute approximate surface area is 177 Å². The first-order valence-electron chi connectivity index (χ1n) is 10.1. The minimum Gasteiger partial charge on any atom is -0.465 e. The van der Waals surface area contributed by atoms with Crippen molar-refractivity contribution in [2.45, 2.75) is 77.9 Å².